The highest BCUT2D eigenvalue weighted by Crippen LogP contribution is 2.23. The Hall–Kier alpha value is -0.810. The molecule has 1 aromatic rings. The lowest BCUT2D eigenvalue weighted by Crippen LogP contribution is -2.08. The van der Waals surface area contributed by atoms with E-state index in [9.17, 15) is 0 Å². The number of anilines is 1. The van der Waals surface area contributed by atoms with Crippen molar-refractivity contribution in [3.8, 4) is 0 Å². The van der Waals surface area contributed by atoms with Gasteiger partial charge in [-0.25, -0.2) is 9.97 Å². The van der Waals surface area contributed by atoms with Gasteiger partial charge in [-0.1, -0.05) is 0 Å². The Bertz CT molecular complexity index is 367. The maximum atomic E-state index is 5.60. The second-order valence-electron chi connectivity index (χ2n) is 4.11. The van der Waals surface area contributed by atoms with Crippen molar-refractivity contribution < 1.29 is 4.74 Å². The molecule has 1 aliphatic rings. The molecule has 1 aliphatic heterocycles. The van der Waals surface area contributed by atoms with Crippen molar-refractivity contribution in [3.05, 3.63) is 11.9 Å². The number of nitrogens with zero attached hydrogens (tertiary/aromatic N) is 2. The largest absolute Gasteiger partial charge is 0.377 e. The lowest BCUT2D eigenvalue weighted by molar-refractivity contribution is 0.129. The molecule has 17 heavy (non-hydrogen) atoms. The molecule has 4 nitrogen and oxygen atoms in total. The molecule has 1 unspecified atom stereocenters. The number of ether oxygens (including phenoxy) is 1. The number of aryl methyl sites for hydroxylation is 1. The molecular formula is C12H19N3OS. The SMILES string of the molecule is CCNc1cc(SCC2CCCO2)nc(C)n1. The van der Waals surface area contributed by atoms with Gasteiger partial charge in [-0.05, 0) is 26.7 Å². The zero-order valence-electron chi connectivity index (χ0n) is 10.4. The van der Waals surface area contributed by atoms with E-state index in [1.807, 2.05) is 13.0 Å². The zero-order chi connectivity index (χ0) is 12.1. The van der Waals surface area contributed by atoms with Crippen LogP contribution in [0.3, 0.4) is 0 Å². The number of thioether (sulfide) groups is 1. The van der Waals surface area contributed by atoms with Gasteiger partial charge in [-0.3, -0.25) is 0 Å². The molecule has 1 saturated heterocycles. The topological polar surface area (TPSA) is 47.0 Å². The first-order valence-electron chi connectivity index (χ1n) is 6.12. The minimum absolute atomic E-state index is 0.401. The van der Waals surface area contributed by atoms with Gasteiger partial charge in [0.15, 0.2) is 0 Å². The maximum absolute atomic E-state index is 5.60. The second kappa shape index (κ2) is 6.21. The Morgan fingerprint density at radius 3 is 3.12 bits per heavy atom. The summed E-state index contributed by atoms with van der Waals surface area (Å²) in [6, 6.07) is 2.01. The van der Waals surface area contributed by atoms with E-state index in [4.69, 9.17) is 4.74 Å². The van der Waals surface area contributed by atoms with Crippen LogP contribution in [0.15, 0.2) is 11.1 Å². The van der Waals surface area contributed by atoms with Crippen LogP contribution in [0, 0.1) is 6.92 Å². The third-order valence-electron chi connectivity index (χ3n) is 2.61. The molecule has 0 aliphatic carbocycles. The van der Waals surface area contributed by atoms with Crippen molar-refractivity contribution in [2.24, 2.45) is 0 Å². The zero-order valence-corrected chi connectivity index (χ0v) is 11.2. The summed E-state index contributed by atoms with van der Waals surface area (Å²) in [4.78, 5) is 8.77. The fraction of sp³-hybridized carbons (Fsp3) is 0.667. The van der Waals surface area contributed by atoms with Gasteiger partial charge in [-0.15, -0.1) is 11.8 Å². The summed E-state index contributed by atoms with van der Waals surface area (Å²) < 4.78 is 5.60. The third kappa shape index (κ3) is 3.85. The molecule has 1 atom stereocenters. The van der Waals surface area contributed by atoms with Gasteiger partial charge < -0.3 is 10.1 Å². The standard InChI is InChI=1S/C12H19N3OS/c1-3-13-11-7-12(15-9(2)14-11)17-8-10-5-4-6-16-10/h7,10H,3-6,8H2,1-2H3,(H,13,14,15). The Labute approximate surface area is 107 Å². The first-order valence-corrected chi connectivity index (χ1v) is 7.10. The van der Waals surface area contributed by atoms with Crippen LogP contribution in [-0.4, -0.2) is 35.0 Å². The molecule has 2 heterocycles. The highest BCUT2D eigenvalue weighted by molar-refractivity contribution is 7.99. The summed E-state index contributed by atoms with van der Waals surface area (Å²) >= 11 is 1.76. The fourth-order valence-corrected chi connectivity index (χ4v) is 2.85. The number of aromatic nitrogens is 2. The summed E-state index contributed by atoms with van der Waals surface area (Å²) in [5, 5.41) is 4.25. The van der Waals surface area contributed by atoms with Crippen LogP contribution in [0.4, 0.5) is 5.82 Å². The maximum Gasteiger partial charge on any atom is 0.130 e. The van der Waals surface area contributed by atoms with Crippen LogP contribution in [0.5, 0.6) is 0 Å². The van der Waals surface area contributed by atoms with Crippen molar-refractivity contribution >= 4 is 17.6 Å². The normalized spacial score (nSPS) is 19.5. The van der Waals surface area contributed by atoms with E-state index in [0.29, 0.717) is 6.10 Å². The van der Waals surface area contributed by atoms with E-state index in [0.717, 1.165) is 35.6 Å². The number of rotatable bonds is 5. The third-order valence-corrected chi connectivity index (χ3v) is 3.66. The molecule has 2 rings (SSSR count). The van der Waals surface area contributed by atoms with E-state index in [2.05, 4.69) is 22.2 Å². The van der Waals surface area contributed by atoms with Gasteiger partial charge in [0.25, 0.3) is 0 Å². The van der Waals surface area contributed by atoms with E-state index in [1.54, 1.807) is 11.8 Å². The lowest BCUT2D eigenvalue weighted by atomic mass is 10.3. The lowest BCUT2D eigenvalue weighted by Gasteiger charge is -2.09. The monoisotopic (exact) mass is 253 g/mol. The van der Waals surface area contributed by atoms with Crippen molar-refractivity contribution in [3.63, 3.8) is 0 Å². The molecule has 1 aromatic heterocycles. The Balaban J connectivity index is 1.94. The molecule has 0 bridgehead atoms. The molecule has 0 amide bonds. The Morgan fingerprint density at radius 1 is 1.53 bits per heavy atom. The molecule has 1 fully saturated rings. The Kier molecular flexibility index (Phi) is 4.62. The molecule has 0 radical (unpaired) electrons. The number of hydrogen-bond donors (Lipinski definition) is 1. The van der Waals surface area contributed by atoms with Crippen molar-refractivity contribution in [2.45, 2.75) is 37.8 Å². The van der Waals surface area contributed by atoms with Gasteiger partial charge in [-0.2, -0.15) is 0 Å². The van der Waals surface area contributed by atoms with E-state index < -0.39 is 0 Å². The first kappa shape index (κ1) is 12.6. The van der Waals surface area contributed by atoms with E-state index in [-0.39, 0.29) is 0 Å². The summed E-state index contributed by atoms with van der Waals surface area (Å²) in [5.74, 6) is 2.72. The Morgan fingerprint density at radius 2 is 2.41 bits per heavy atom. The first-order chi connectivity index (χ1) is 8.28. The fourth-order valence-electron chi connectivity index (χ4n) is 1.84. The van der Waals surface area contributed by atoms with Crippen LogP contribution >= 0.6 is 11.8 Å². The molecule has 94 valence electrons. The number of nitrogens with one attached hydrogen (secondary N) is 1. The van der Waals surface area contributed by atoms with Crippen LogP contribution in [0.1, 0.15) is 25.6 Å². The molecule has 0 saturated carbocycles. The average molecular weight is 253 g/mol. The summed E-state index contributed by atoms with van der Waals surface area (Å²) in [6.07, 6.45) is 2.77. The average Bonchev–Trinajstić information content (AvgIpc) is 2.79. The minimum atomic E-state index is 0.401. The van der Waals surface area contributed by atoms with Crippen LogP contribution < -0.4 is 5.32 Å². The highest BCUT2D eigenvalue weighted by atomic mass is 32.2. The smallest absolute Gasteiger partial charge is 0.130 e. The van der Waals surface area contributed by atoms with Crippen molar-refractivity contribution in [1.82, 2.24) is 9.97 Å². The molecule has 1 N–H and O–H groups in total. The number of hydrogen-bond acceptors (Lipinski definition) is 5. The summed E-state index contributed by atoms with van der Waals surface area (Å²) in [7, 11) is 0. The highest BCUT2D eigenvalue weighted by Gasteiger charge is 2.16. The molecule has 0 spiro atoms. The van der Waals surface area contributed by atoms with Crippen LogP contribution in [0.2, 0.25) is 0 Å². The van der Waals surface area contributed by atoms with Crippen molar-refractivity contribution in [1.29, 1.82) is 0 Å². The van der Waals surface area contributed by atoms with Gasteiger partial charge in [0.1, 0.15) is 16.7 Å². The molecule has 5 heteroatoms. The predicted molar refractivity (Wildman–Crippen MR) is 70.6 cm³/mol. The van der Waals surface area contributed by atoms with Crippen LogP contribution in [0.25, 0.3) is 0 Å². The minimum Gasteiger partial charge on any atom is -0.377 e. The van der Waals surface area contributed by atoms with Crippen molar-refractivity contribution in [2.75, 3.05) is 24.2 Å². The van der Waals surface area contributed by atoms with E-state index in [1.165, 1.54) is 12.8 Å². The van der Waals surface area contributed by atoms with Gasteiger partial charge >= 0.3 is 0 Å². The van der Waals surface area contributed by atoms with Gasteiger partial charge in [0, 0.05) is 25.0 Å². The van der Waals surface area contributed by atoms with Crippen LogP contribution in [-0.2, 0) is 4.74 Å². The second-order valence-corrected chi connectivity index (χ2v) is 5.16. The quantitative estimate of drug-likeness (QED) is 0.645. The molecular weight excluding hydrogens is 234 g/mol. The summed E-state index contributed by atoms with van der Waals surface area (Å²) in [5.41, 5.74) is 0. The van der Waals surface area contributed by atoms with E-state index >= 15 is 0 Å². The summed E-state index contributed by atoms with van der Waals surface area (Å²) in [6.45, 7) is 5.79. The van der Waals surface area contributed by atoms with Gasteiger partial charge in [0.05, 0.1) is 6.10 Å². The van der Waals surface area contributed by atoms with Gasteiger partial charge in [0.2, 0.25) is 0 Å². The predicted octanol–water partition coefficient (Wildman–Crippen LogP) is 2.49. The molecule has 0 aromatic carbocycles.